The number of halogens is 2. The van der Waals surface area contributed by atoms with Crippen LogP contribution in [-0.2, 0) is 22.3 Å². The topological polar surface area (TPSA) is 49.4 Å². The second-order valence-electron chi connectivity index (χ2n) is 7.97. The molecular weight excluding hydrogens is 383 g/mol. The van der Waals surface area contributed by atoms with E-state index in [0.29, 0.717) is 15.6 Å². The average Bonchev–Trinajstić information content (AvgIpc) is 2.81. The number of imide groups is 1. The fourth-order valence-corrected chi connectivity index (χ4v) is 3.70. The van der Waals surface area contributed by atoms with Gasteiger partial charge in [-0.05, 0) is 35.6 Å². The number of hydrogen-bond donors (Lipinski definition) is 1. The Bertz CT molecular complexity index is 883. The minimum Gasteiger partial charge on any atom is -0.319 e. The molecule has 1 fully saturated rings. The lowest BCUT2D eigenvalue weighted by molar-refractivity contribution is -0.131. The van der Waals surface area contributed by atoms with Crippen LogP contribution < -0.4 is 5.32 Å². The molecule has 0 unspecified atom stereocenters. The molecule has 1 saturated heterocycles. The van der Waals surface area contributed by atoms with Gasteiger partial charge in [-0.1, -0.05) is 74.3 Å². The molecule has 1 aliphatic rings. The van der Waals surface area contributed by atoms with Crippen LogP contribution in [0.3, 0.4) is 0 Å². The molecule has 1 atom stereocenters. The van der Waals surface area contributed by atoms with Crippen LogP contribution in [0.1, 0.15) is 44.4 Å². The minimum atomic E-state index is -1.12. The van der Waals surface area contributed by atoms with Crippen molar-refractivity contribution in [3.8, 4) is 0 Å². The molecule has 0 aromatic heterocycles. The Kier molecular flexibility index (Phi) is 5.00. The van der Waals surface area contributed by atoms with E-state index in [0.717, 1.165) is 16.0 Å². The predicted octanol–water partition coefficient (Wildman–Crippen LogP) is 5.26. The van der Waals surface area contributed by atoms with Gasteiger partial charge in [0, 0.05) is 15.6 Å². The van der Waals surface area contributed by atoms with E-state index >= 15 is 0 Å². The molecule has 0 spiro atoms. The van der Waals surface area contributed by atoms with Crippen molar-refractivity contribution >= 4 is 35.1 Å². The lowest BCUT2D eigenvalue weighted by Crippen LogP contribution is -2.40. The summed E-state index contributed by atoms with van der Waals surface area (Å²) in [6.07, 6.45) is 0. The molecule has 0 bridgehead atoms. The van der Waals surface area contributed by atoms with E-state index in [1.165, 1.54) is 0 Å². The van der Waals surface area contributed by atoms with Crippen molar-refractivity contribution < 1.29 is 9.59 Å². The summed E-state index contributed by atoms with van der Waals surface area (Å²) in [5, 5.41) is 3.66. The number of hydrogen-bond acceptors (Lipinski definition) is 2. The van der Waals surface area contributed by atoms with Crippen LogP contribution in [-0.4, -0.2) is 16.8 Å². The minimum absolute atomic E-state index is 0.00914. The van der Waals surface area contributed by atoms with E-state index in [1.807, 2.05) is 24.3 Å². The molecule has 1 heterocycles. The van der Waals surface area contributed by atoms with Crippen LogP contribution in [0, 0.1) is 0 Å². The third-order valence-electron chi connectivity index (χ3n) is 4.98. The lowest BCUT2D eigenvalue weighted by Gasteiger charge is -2.25. The van der Waals surface area contributed by atoms with Gasteiger partial charge in [0.05, 0.1) is 6.54 Å². The van der Waals surface area contributed by atoms with Crippen LogP contribution in [0.5, 0.6) is 0 Å². The Morgan fingerprint density at radius 3 is 2.07 bits per heavy atom. The third-order valence-corrected chi connectivity index (χ3v) is 5.69. The maximum atomic E-state index is 13.1. The Morgan fingerprint density at radius 1 is 1.00 bits per heavy atom. The quantitative estimate of drug-likeness (QED) is 0.709. The summed E-state index contributed by atoms with van der Waals surface area (Å²) in [5.41, 5.74) is 1.33. The van der Waals surface area contributed by atoms with Crippen molar-refractivity contribution in [2.45, 2.75) is 45.2 Å². The van der Waals surface area contributed by atoms with Crippen LogP contribution in [0.4, 0.5) is 4.79 Å². The van der Waals surface area contributed by atoms with E-state index in [-0.39, 0.29) is 17.9 Å². The SMILES string of the molecule is CC(C)(C)c1ccc([C@@]2(C)NC(=O)N(Cc3c(Cl)cccc3Cl)C2=O)cc1. The van der Waals surface area contributed by atoms with Crippen molar-refractivity contribution in [1.82, 2.24) is 10.2 Å². The number of carbonyl (C=O) groups excluding carboxylic acids is 2. The largest absolute Gasteiger partial charge is 0.325 e. The van der Waals surface area contributed by atoms with Gasteiger partial charge in [0.1, 0.15) is 5.54 Å². The molecule has 6 heteroatoms. The molecule has 3 rings (SSSR count). The molecule has 2 aromatic carbocycles. The van der Waals surface area contributed by atoms with Crippen LogP contribution >= 0.6 is 23.2 Å². The van der Waals surface area contributed by atoms with E-state index < -0.39 is 11.6 Å². The van der Waals surface area contributed by atoms with Gasteiger partial charge in [-0.15, -0.1) is 0 Å². The number of nitrogens with zero attached hydrogens (tertiary/aromatic N) is 1. The molecule has 0 radical (unpaired) electrons. The Labute approximate surface area is 169 Å². The van der Waals surface area contributed by atoms with Gasteiger partial charge in [-0.2, -0.15) is 0 Å². The first-order valence-corrected chi connectivity index (χ1v) is 9.47. The summed E-state index contributed by atoms with van der Waals surface area (Å²) in [6.45, 7) is 8.12. The fourth-order valence-electron chi connectivity index (χ4n) is 3.18. The highest BCUT2D eigenvalue weighted by Crippen LogP contribution is 2.33. The molecule has 142 valence electrons. The highest BCUT2D eigenvalue weighted by atomic mass is 35.5. The molecule has 1 N–H and O–H groups in total. The van der Waals surface area contributed by atoms with Gasteiger partial charge in [0.2, 0.25) is 0 Å². The van der Waals surface area contributed by atoms with Crippen molar-refractivity contribution in [2.75, 3.05) is 0 Å². The Balaban J connectivity index is 1.91. The molecule has 0 aliphatic carbocycles. The van der Waals surface area contributed by atoms with Gasteiger partial charge >= 0.3 is 6.03 Å². The summed E-state index contributed by atoms with van der Waals surface area (Å²) in [6, 6.07) is 12.4. The van der Waals surface area contributed by atoms with Crippen molar-refractivity contribution in [2.24, 2.45) is 0 Å². The maximum Gasteiger partial charge on any atom is 0.325 e. The van der Waals surface area contributed by atoms with Gasteiger partial charge < -0.3 is 5.32 Å². The van der Waals surface area contributed by atoms with Crippen LogP contribution in [0.15, 0.2) is 42.5 Å². The summed E-state index contributed by atoms with van der Waals surface area (Å²) in [7, 11) is 0. The second-order valence-corrected chi connectivity index (χ2v) is 8.79. The average molecular weight is 405 g/mol. The summed E-state index contributed by atoms with van der Waals surface area (Å²) < 4.78 is 0. The molecular formula is C21H22Cl2N2O2. The van der Waals surface area contributed by atoms with Gasteiger partial charge in [0.15, 0.2) is 0 Å². The van der Waals surface area contributed by atoms with Gasteiger partial charge in [-0.3, -0.25) is 9.69 Å². The Morgan fingerprint density at radius 2 is 1.56 bits per heavy atom. The Hall–Kier alpha value is -2.04. The second kappa shape index (κ2) is 6.84. The highest BCUT2D eigenvalue weighted by Gasteiger charge is 2.49. The van der Waals surface area contributed by atoms with E-state index in [4.69, 9.17) is 23.2 Å². The van der Waals surface area contributed by atoms with E-state index in [9.17, 15) is 9.59 Å². The highest BCUT2D eigenvalue weighted by molar-refractivity contribution is 6.36. The molecule has 2 aromatic rings. The lowest BCUT2D eigenvalue weighted by atomic mass is 9.84. The van der Waals surface area contributed by atoms with Crippen LogP contribution in [0.25, 0.3) is 0 Å². The zero-order chi connectivity index (χ0) is 20.0. The third kappa shape index (κ3) is 3.56. The molecule has 1 aliphatic heterocycles. The smallest absolute Gasteiger partial charge is 0.319 e. The molecule has 0 saturated carbocycles. The van der Waals surface area contributed by atoms with E-state index in [2.05, 4.69) is 26.1 Å². The van der Waals surface area contributed by atoms with Crippen molar-refractivity contribution in [1.29, 1.82) is 0 Å². The van der Waals surface area contributed by atoms with Gasteiger partial charge in [-0.25, -0.2) is 4.79 Å². The zero-order valence-corrected chi connectivity index (χ0v) is 17.3. The standard InChI is InChI=1S/C21H22Cl2N2O2/c1-20(2,3)13-8-10-14(11-9-13)21(4)18(26)25(19(27)24-21)12-15-16(22)6-5-7-17(15)23/h5-11H,12H2,1-4H3,(H,24,27)/t21-/m1/s1. The number of carbonyl (C=O) groups is 2. The molecule has 3 amide bonds. The maximum absolute atomic E-state index is 13.1. The van der Waals surface area contributed by atoms with Crippen LogP contribution in [0.2, 0.25) is 10.0 Å². The summed E-state index contributed by atoms with van der Waals surface area (Å²) in [5.74, 6) is -0.327. The molecule has 4 nitrogen and oxygen atoms in total. The van der Waals surface area contributed by atoms with Crippen molar-refractivity contribution in [3.63, 3.8) is 0 Å². The number of amides is 3. The number of benzene rings is 2. The molecule has 27 heavy (non-hydrogen) atoms. The zero-order valence-electron chi connectivity index (χ0n) is 15.8. The number of nitrogens with one attached hydrogen (secondary N) is 1. The first-order chi connectivity index (χ1) is 12.5. The summed E-state index contributed by atoms with van der Waals surface area (Å²) in [4.78, 5) is 26.8. The summed E-state index contributed by atoms with van der Waals surface area (Å²) >= 11 is 12.4. The number of urea groups is 1. The monoisotopic (exact) mass is 404 g/mol. The fraction of sp³-hybridized carbons (Fsp3) is 0.333. The predicted molar refractivity (Wildman–Crippen MR) is 108 cm³/mol. The van der Waals surface area contributed by atoms with Crippen molar-refractivity contribution in [3.05, 3.63) is 69.2 Å². The van der Waals surface area contributed by atoms with E-state index in [1.54, 1.807) is 25.1 Å². The van der Waals surface area contributed by atoms with Gasteiger partial charge in [0.25, 0.3) is 5.91 Å². The first-order valence-electron chi connectivity index (χ1n) is 8.72. The normalized spacial score (nSPS) is 20.1. The first kappa shape index (κ1) is 19.7. The number of rotatable bonds is 3.